The number of pyridine rings is 1. The third kappa shape index (κ3) is 2.41. The maximum absolute atomic E-state index is 5.54. The lowest BCUT2D eigenvalue weighted by atomic mass is 10.1. The van der Waals surface area contributed by atoms with E-state index in [9.17, 15) is 0 Å². The third-order valence-corrected chi connectivity index (χ3v) is 3.42. The van der Waals surface area contributed by atoms with E-state index in [2.05, 4.69) is 27.5 Å². The van der Waals surface area contributed by atoms with E-state index >= 15 is 0 Å². The van der Waals surface area contributed by atoms with Gasteiger partial charge in [0, 0.05) is 12.4 Å². The van der Waals surface area contributed by atoms with Crippen molar-refractivity contribution in [2.75, 3.05) is 11.9 Å². The summed E-state index contributed by atoms with van der Waals surface area (Å²) in [5, 5.41) is 8.85. The van der Waals surface area contributed by atoms with Gasteiger partial charge in [0.05, 0.1) is 30.4 Å². The summed E-state index contributed by atoms with van der Waals surface area (Å²) in [7, 11) is 1.91. The lowest BCUT2D eigenvalue weighted by Gasteiger charge is -2.20. The second-order valence-corrected chi connectivity index (χ2v) is 4.89. The van der Waals surface area contributed by atoms with Gasteiger partial charge >= 0.3 is 0 Å². The first-order valence-electron chi connectivity index (χ1n) is 6.58. The van der Waals surface area contributed by atoms with Crippen molar-refractivity contribution >= 4 is 16.7 Å². The molecule has 0 aromatic carbocycles. The van der Waals surface area contributed by atoms with Gasteiger partial charge in [-0.2, -0.15) is 5.10 Å². The van der Waals surface area contributed by atoms with E-state index < -0.39 is 0 Å². The van der Waals surface area contributed by atoms with Gasteiger partial charge < -0.3 is 10.1 Å². The molecular weight excluding hydrogens is 240 g/mol. The number of aromatic nitrogens is 3. The molecule has 5 heteroatoms. The molecule has 0 saturated carbocycles. The molecule has 1 atom stereocenters. The van der Waals surface area contributed by atoms with E-state index in [-0.39, 0.29) is 6.10 Å². The minimum absolute atomic E-state index is 0.246. The van der Waals surface area contributed by atoms with Crippen molar-refractivity contribution in [3.63, 3.8) is 0 Å². The van der Waals surface area contributed by atoms with Gasteiger partial charge in [-0.3, -0.25) is 4.68 Å². The fourth-order valence-corrected chi connectivity index (χ4v) is 2.37. The van der Waals surface area contributed by atoms with Crippen molar-refractivity contribution in [3.05, 3.63) is 30.3 Å². The zero-order valence-corrected chi connectivity index (χ0v) is 11.3. The van der Waals surface area contributed by atoms with Crippen LogP contribution in [0.25, 0.3) is 11.0 Å². The van der Waals surface area contributed by atoms with Gasteiger partial charge in [-0.25, -0.2) is 4.98 Å². The minimum Gasteiger partial charge on any atom is -0.497 e. The van der Waals surface area contributed by atoms with Gasteiger partial charge in [-0.1, -0.05) is 0 Å². The molecule has 0 aliphatic carbocycles. The first kappa shape index (κ1) is 12.0. The quantitative estimate of drug-likeness (QED) is 0.918. The van der Waals surface area contributed by atoms with Gasteiger partial charge in [0.15, 0.2) is 5.65 Å². The SMILES string of the molecule is Cc1nn(C)c2ncc(NC[C@H]3CCC=CO3)cc12. The number of nitrogens with one attached hydrogen (secondary N) is 1. The largest absolute Gasteiger partial charge is 0.497 e. The lowest BCUT2D eigenvalue weighted by molar-refractivity contribution is 0.135. The van der Waals surface area contributed by atoms with Crippen LogP contribution in [0.4, 0.5) is 5.69 Å². The first-order chi connectivity index (χ1) is 9.24. The normalized spacial score (nSPS) is 18.5. The van der Waals surface area contributed by atoms with Crippen LogP contribution in [0, 0.1) is 6.92 Å². The Kier molecular flexibility index (Phi) is 3.11. The highest BCUT2D eigenvalue weighted by Gasteiger charge is 2.11. The van der Waals surface area contributed by atoms with Crippen LogP contribution in [0.2, 0.25) is 0 Å². The summed E-state index contributed by atoms with van der Waals surface area (Å²) in [6.07, 6.45) is 8.10. The average Bonchev–Trinajstić information content (AvgIpc) is 2.73. The Hall–Kier alpha value is -2.04. The number of rotatable bonds is 3. The van der Waals surface area contributed by atoms with Crippen molar-refractivity contribution in [3.8, 4) is 0 Å². The van der Waals surface area contributed by atoms with E-state index in [1.807, 2.05) is 24.9 Å². The number of allylic oxidation sites excluding steroid dienone is 1. The van der Waals surface area contributed by atoms with Crippen LogP contribution < -0.4 is 5.32 Å². The molecule has 19 heavy (non-hydrogen) atoms. The Morgan fingerprint density at radius 1 is 1.53 bits per heavy atom. The molecule has 0 spiro atoms. The summed E-state index contributed by atoms with van der Waals surface area (Å²) in [5.74, 6) is 0. The number of anilines is 1. The molecule has 0 saturated heterocycles. The summed E-state index contributed by atoms with van der Waals surface area (Å²) < 4.78 is 7.34. The molecule has 2 aromatic heterocycles. The molecule has 0 unspecified atom stereocenters. The smallest absolute Gasteiger partial charge is 0.157 e. The topological polar surface area (TPSA) is 52.0 Å². The fraction of sp³-hybridized carbons (Fsp3) is 0.429. The Morgan fingerprint density at radius 2 is 2.42 bits per heavy atom. The van der Waals surface area contributed by atoms with E-state index in [1.165, 1.54) is 0 Å². The molecule has 0 radical (unpaired) electrons. The number of ether oxygens (including phenoxy) is 1. The predicted molar refractivity (Wildman–Crippen MR) is 75.0 cm³/mol. The van der Waals surface area contributed by atoms with Crippen molar-refractivity contribution in [1.82, 2.24) is 14.8 Å². The molecule has 2 aromatic rings. The van der Waals surface area contributed by atoms with Crippen LogP contribution in [0.5, 0.6) is 0 Å². The zero-order valence-electron chi connectivity index (χ0n) is 11.3. The number of fused-ring (bicyclic) bond motifs is 1. The molecule has 1 aliphatic heterocycles. The van der Waals surface area contributed by atoms with Crippen LogP contribution >= 0.6 is 0 Å². The monoisotopic (exact) mass is 258 g/mol. The zero-order chi connectivity index (χ0) is 13.2. The van der Waals surface area contributed by atoms with Crippen LogP contribution in [0.1, 0.15) is 18.5 Å². The summed E-state index contributed by atoms with van der Waals surface area (Å²) in [6.45, 7) is 2.81. The molecule has 1 N–H and O–H groups in total. The molecule has 0 amide bonds. The van der Waals surface area contributed by atoms with Gasteiger partial charge in [-0.05, 0) is 31.9 Å². The van der Waals surface area contributed by atoms with Crippen LogP contribution in [-0.4, -0.2) is 27.4 Å². The Balaban J connectivity index is 1.74. The second kappa shape index (κ2) is 4.91. The molecule has 1 aliphatic rings. The van der Waals surface area contributed by atoms with Crippen molar-refractivity contribution in [2.24, 2.45) is 7.05 Å². The van der Waals surface area contributed by atoms with E-state index in [0.717, 1.165) is 41.8 Å². The van der Waals surface area contributed by atoms with Crippen LogP contribution in [0.15, 0.2) is 24.6 Å². The lowest BCUT2D eigenvalue weighted by Crippen LogP contribution is -2.23. The highest BCUT2D eigenvalue weighted by molar-refractivity contribution is 5.81. The summed E-state index contributed by atoms with van der Waals surface area (Å²) in [4.78, 5) is 4.45. The van der Waals surface area contributed by atoms with Gasteiger partial charge in [0.2, 0.25) is 0 Å². The number of hydrogen-bond donors (Lipinski definition) is 1. The predicted octanol–water partition coefficient (Wildman–Crippen LogP) is 2.38. The maximum atomic E-state index is 5.54. The first-order valence-corrected chi connectivity index (χ1v) is 6.58. The molecule has 3 heterocycles. The van der Waals surface area contributed by atoms with Crippen LogP contribution in [-0.2, 0) is 11.8 Å². The fourth-order valence-electron chi connectivity index (χ4n) is 2.37. The molecule has 100 valence electrons. The molecule has 0 fully saturated rings. The summed E-state index contributed by atoms with van der Waals surface area (Å²) in [6, 6.07) is 2.10. The van der Waals surface area contributed by atoms with Crippen LogP contribution in [0.3, 0.4) is 0 Å². The molecule has 0 bridgehead atoms. The van der Waals surface area contributed by atoms with E-state index in [4.69, 9.17) is 4.74 Å². The highest BCUT2D eigenvalue weighted by atomic mass is 16.5. The third-order valence-electron chi connectivity index (χ3n) is 3.42. The van der Waals surface area contributed by atoms with E-state index in [1.54, 1.807) is 6.26 Å². The molecule has 5 nitrogen and oxygen atoms in total. The molecule has 3 rings (SSSR count). The number of aryl methyl sites for hydroxylation is 2. The maximum Gasteiger partial charge on any atom is 0.157 e. The Bertz CT molecular complexity index is 617. The minimum atomic E-state index is 0.246. The summed E-state index contributed by atoms with van der Waals surface area (Å²) in [5.41, 5.74) is 2.94. The van der Waals surface area contributed by atoms with Crippen molar-refractivity contribution in [1.29, 1.82) is 0 Å². The highest BCUT2D eigenvalue weighted by Crippen LogP contribution is 2.19. The van der Waals surface area contributed by atoms with E-state index in [0.29, 0.717) is 0 Å². The Labute approximate surface area is 112 Å². The number of nitrogens with zero attached hydrogens (tertiary/aromatic N) is 3. The average molecular weight is 258 g/mol. The van der Waals surface area contributed by atoms with Gasteiger partial charge in [-0.15, -0.1) is 0 Å². The Morgan fingerprint density at radius 3 is 3.21 bits per heavy atom. The number of hydrogen-bond acceptors (Lipinski definition) is 4. The van der Waals surface area contributed by atoms with Crippen molar-refractivity contribution in [2.45, 2.75) is 25.9 Å². The standard InChI is InChI=1S/C14H18N4O/c1-10-13-7-11(8-16-14(13)18(2)17-10)15-9-12-5-3-4-6-19-12/h4,6-8,12,15H,3,5,9H2,1-2H3/t12-/m1/s1. The van der Waals surface area contributed by atoms with Gasteiger partial charge in [0.1, 0.15) is 6.10 Å². The van der Waals surface area contributed by atoms with Crippen molar-refractivity contribution < 1.29 is 4.74 Å². The molecular formula is C14H18N4O. The summed E-state index contributed by atoms with van der Waals surface area (Å²) >= 11 is 0. The second-order valence-electron chi connectivity index (χ2n) is 4.89. The van der Waals surface area contributed by atoms with Gasteiger partial charge in [0.25, 0.3) is 0 Å².